The first-order chi connectivity index (χ1) is 14.2. The van der Waals surface area contributed by atoms with Gasteiger partial charge in [0, 0.05) is 22.4 Å². The lowest BCUT2D eigenvalue weighted by Crippen LogP contribution is -2.34. The molecule has 0 aliphatic carbocycles. The first-order valence-corrected chi connectivity index (χ1v) is 9.84. The molecular formula is C19H20Cl2N2O7. The Morgan fingerprint density at radius 3 is 2.30 bits per heavy atom. The Bertz CT molecular complexity index is 927. The van der Waals surface area contributed by atoms with Gasteiger partial charge in [0.15, 0.2) is 11.6 Å². The molecule has 0 aliphatic heterocycles. The quantitative estimate of drug-likeness (QED) is 0.236. The monoisotopic (exact) mass is 458 g/mol. The van der Waals surface area contributed by atoms with Crippen LogP contribution in [0, 0.1) is 23.0 Å². The Morgan fingerprint density at radius 2 is 1.80 bits per heavy atom. The van der Waals surface area contributed by atoms with E-state index in [4.69, 9.17) is 37.2 Å². The van der Waals surface area contributed by atoms with Crippen molar-refractivity contribution in [2.75, 3.05) is 13.2 Å². The minimum Gasteiger partial charge on any atom is -0.465 e. The zero-order valence-corrected chi connectivity index (χ0v) is 18.0. The van der Waals surface area contributed by atoms with E-state index < -0.39 is 28.7 Å². The van der Waals surface area contributed by atoms with Gasteiger partial charge >= 0.3 is 17.6 Å². The summed E-state index contributed by atoms with van der Waals surface area (Å²) in [5, 5.41) is 15.6. The Balaban J connectivity index is 2.63. The number of ether oxygens (including phenoxy) is 2. The maximum absolute atomic E-state index is 12.7. The van der Waals surface area contributed by atoms with Gasteiger partial charge in [-0.1, -0.05) is 34.4 Å². The molecule has 0 saturated carbocycles. The van der Waals surface area contributed by atoms with Crippen molar-refractivity contribution in [1.82, 2.24) is 5.16 Å². The molecular weight excluding hydrogens is 439 g/mol. The van der Waals surface area contributed by atoms with Gasteiger partial charge in [-0.05, 0) is 38.5 Å². The Kier molecular flexibility index (Phi) is 8.19. The third-order valence-corrected chi connectivity index (χ3v) is 4.90. The van der Waals surface area contributed by atoms with Crippen LogP contribution >= 0.6 is 23.2 Å². The highest BCUT2D eigenvalue weighted by Crippen LogP contribution is 2.38. The van der Waals surface area contributed by atoms with E-state index in [2.05, 4.69) is 5.16 Å². The van der Waals surface area contributed by atoms with Gasteiger partial charge in [0.05, 0.1) is 18.1 Å². The van der Waals surface area contributed by atoms with Crippen molar-refractivity contribution in [3.05, 3.63) is 55.4 Å². The van der Waals surface area contributed by atoms with E-state index >= 15 is 0 Å². The number of aryl methyl sites for hydroxylation is 1. The minimum absolute atomic E-state index is 0.0252. The van der Waals surface area contributed by atoms with Crippen molar-refractivity contribution in [3.8, 4) is 0 Å². The summed E-state index contributed by atoms with van der Waals surface area (Å²) < 4.78 is 15.3. The second kappa shape index (κ2) is 10.4. The number of carbonyl (C=O) groups is 2. The van der Waals surface area contributed by atoms with E-state index in [9.17, 15) is 19.7 Å². The maximum atomic E-state index is 12.7. The van der Waals surface area contributed by atoms with Crippen molar-refractivity contribution in [2.24, 2.45) is 5.92 Å². The maximum Gasteiger partial charge on any atom is 0.334 e. The van der Waals surface area contributed by atoms with Crippen LogP contribution in [0.5, 0.6) is 0 Å². The molecule has 2 rings (SSSR count). The molecule has 0 fully saturated rings. The number of benzene rings is 1. The second-order valence-electron chi connectivity index (χ2n) is 6.26. The Morgan fingerprint density at radius 1 is 1.20 bits per heavy atom. The van der Waals surface area contributed by atoms with Gasteiger partial charge in [-0.3, -0.25) is 19.7 Å². The van der Waals surface area contributed by atoms with Crippen LogP contribution in [0.25, 0.3) is 0 Å². The first kappa shape index (κ1) is 23.6. The molecule has 0 spiro atoms. The Hall–Kier alpha value is -2.65. The van der Waals surface area contributed by atoms with Crippen molar-refractivity contribution in [2.45, 2.75) is 33.1 Å². The molecule has 9 nitrogen and oxygen atoms in total. The molecule has 1 aromatic heterocycles. The highest BCUT2D eigenvalue weighted by atomic mass is 35.5. The van der Waals surface area contributed by atoms with E-state index in [0.717, 1.165) is 0 Å². The fourth-order valence-corrected chi connectivity index (χ4v) is 3.63. The topological polar surface area (TPSA) is 122 Å². The number of hydrogen-bond acceptors (Lipinski definition) is 8. The Labute approximate surface area is 182 Å². The van der Waals surface area contributed by atoms with Gasteiger partial charge in [0.1, 0.15) is 0 Å². The van der Waals surface area contributed by atoms with Crippen LogP contribution < -0.4 is 0 Å². The third kappa shape index (κ3) is 5.28. The molecule has 1 unspecified atom stereocenters. The minimum atomic E-state index is -1.44. The lowest BCUT2D eigenvalue weighted by Gasteiger charge is -2.24. The average molecular weight is 459 g/mol. The smallest absolute Gasteiger partial charge is 0.334 e. The highest BCUT2D eigenvalue weighted by Gasteiger charge is 2.41. The molecule has 1 heterocycles. The average Bonchev–Trinajstić information content (AvgIpc) is 3.02. The molecule has 0 amide bonds. The standard InChI is InChI=1S/C19H20Cl2N2O7/c1-4-28-18(24)16(19(25)29-5-2)13(12-7-6-11(20)8-14(12)21)9-15-17(23(26)27)10(3)22-30-15/h6-8,13,16H,4-5,9H2,1-3H3. The SMILES string of the molecule is CCOC(=O)C(C(=O)OCC)C(Cc1onc(C)c1[N+](=O)[O-])c1ccc(Cl)cc1Cl. The number of halogens is 2. The van der Waals surface area contributed by atoms with Crippen molar-refractivity contribution < 1.29 is 28.5 Å². The summed E-state index contributed by atoms with van der Waals surface area (Å²) in [5.41, 5.74) is 0.0897. The number of rotatable bonds is 9. The molecule has 30 heavy (non-hydrogen) atoms. The van der Waals surface area contributed by atoms with Crippen LogP contribution in [0.1, 0.15) is 36.8 Å². The van der Waals surface area contributed by atoms with Crippen LogP contribution in [-0.2, 0) is 25.5 Å². The lowest BCUT2D eigenvalue weighted by molar-refractivity contribution is -0.386. The normalized spacial score (nSPS) is 11.9. The molecule has 1 aromatic carbocycles. The van der Waals surface area contributed by atoms with Gasteiger partial charge < -0.3 is 14.0 Å². The molecule has 1 atom stereocenters. The van der Waals surface area contributed by atoms with Crippen LogP contribution in [0.3, 0.4) is 0 Å². The first-order valence-electron chi connectivity index (χ1n) is 9.08. The summed E-state index contributed by atoms with van der Waals surface area (Å²) in [6.07, 6.45) is -0.221. The molecule has 0 aliphatic rings. The van der Waals surface area contributed by atoms with E-state index in [-0.39, 0.29) is 41.8 Å². The van der Waals surface area contributed by atoms with Gasteiger partial charge in [0.2, 0.25) is 5.76 Å². The summed E-state index contributed by atoms with van der Waals surface area (Å²) >= 11 is 12.3. The largest absolute Gasteiger partial charge is 0.465 e. The van der Waals surface area contributed by atoms with Crippen LogP contribution in [0.15, 0.2) is 22.7 Å². The molecule has 0 N–H and O–H groups in total. The molecule has 2 aromatic rings. The summed E-state index contributed by atoms with van der Waals surface area (Å²) in [5.74, 6) is -4.21. The second-order valence-corrected chi connectivity index (χ2v) is 7.10. The summed E-state index contributed by atoms with van der Waals surface area (Å²) in [7, 11) is 0. The number of hydrogen-bond donors (Lipinski definition) is 0. The van der Waals surface area contributed by atoms with Crippen LogP contribution in [0.2, 0.25) is 10.0 Å². The zero-order chi connectivity index (χ0) is 22.4. The number of nitrogens with zero attached hydrogens (tertiary/aromatic N) is 2. The van der Waals surface area contributed by atoms with E-state index in [1.165, 1.54) is 25.1 Å². The highest BCUT2D eigenvalue weighted by molar-refractivity contribution is 6.35. The van der Waals surface area contributed by atoms with Crippen molar-refractivity contribution in [3.63, 3.8) is 0 Å². The fourth-order valence-electron chi connectivity index (χ4n) is 3.08. The summed E-state index contributed by atoms with van der Waals surface area (Å²) in [6.45, 7) is 4.66. The van der Waals surface area contributed by atoms with Gasteiger partial charge in [0.25, 0.3) is 0 Å². The van der Waals surface area contributed by atoms with Gasteiger partial charge in [-0.25, -0.2) is 0 Å². The summed E-state index contributed by atoms with van der Waals surface area (Å²) in [4.78, 5) is 36.2. The fraction of sp³-hybridized carbons (Fsp3) is 0.421. The molecule has 162 valence electrons. The van der Waals surface area contributed by atoms with E-state index in [1.54, 1.807) is 13.8 Å². The predicted molar refractivity (Wildman–Crippen MR) is 108 cm³/mol. The van der Waals surface area contributed by atoms with Crippen molar-refractivity contribution >= 4 is 40.8 Å². The van der Waals surface area contributed by atoms with Crippen molar-refractivity contribution in [1.29, 1.82) is 0 Å². The lowest BCUT2D eigenvalue weighted by atomic mass is 9.82. The zero-order valence-electron chi connectivity index (χ0n) is 16.5. The molecule has 11 heteroatoms. The predicted octanol–water partition coefficient (Wildman–Crippen LogP) is 4.27. The van der Waals surface area contributed by atoms with E-state index in [1.807, 2.05) is 0 Å². The number of esters is 2. The van der Waals surface area contributed by atoms with Crippen LogP contribution in [0.4, 0.5) is 5.69 Å². The molecule has 0 bridgehead atoms. The van der Waals surface area contributed by atoms with Gasteiger partial charge in [-0.2, -0.15) is 0 Å². The number of aromatic nitrogens is 1. The number of nitro groups is 1. The van der Waals surface area contributed by atoms with Crippen LogP contribution in [-0.4, -0.2) is 35.2 Å². The third-order valence-electron chi connectivity index (χ3n) is 4.33. The molecule has 0 saturated heterocycles. The van der Waals surface area contributed by atoms with Gasteiger partial charge in [-0.15, -0.1) is 0 Å². The molecule has 0 radical (unpaired) electrons. The van der Waals surface area contributed by atoms with E-state index in [0.29, 0.717) is 10.6 Å². The summed E-state index contributed by atoms with van der Waals surface area (Å²) in [6, 6.07) is 4.51. The number of carbonyl (C=O) groups excluding carboxylic acids is 2.